The molecule has 4 nitrogen and oxygen atoms in total. The summed E-state index contributed by atoms with van der Waals surface area (Å²) in [6.07, 6.45) is 7.59. The minimum Gasteiger partial charge on any atom is -0.389 e. The standard InChI is InChI=1S/C15H24N2.C8H15NO/c1-4-13-6-5-9-17(11-13)14-7-8-15(12(2)3)16-10-14;1-7-3-5-9(2)6-4-8(7)10/h7-8,10,12-13H,4-6,9,11H2,1-3H3;8,10H,1,3-6H2,2H3. The Hall–Kier alpha value is -1.39. The fourth-order valence-electron chi connectivity index (χ4n) is 3.72. The van der Waals surface area contributed by atoms with Gasteiger partial charge in [-0.1, -0.05) is 33.8 Å². The number of aliphatic hydroxyl groups excluding tert-OH is 1. The van der Waals surface area contributed by atoms with Crippen LogP contribution >= 0.6 is 0 Å². The number of anilines is 1. The molecule has 0 aliphatic carbocycles. The summed E-state index contributed by atoms with van der Waals surface area (Å²) in [6.45, 7) is 14.9. The van der Waals surface area contributed by atoms with Crippen molar-refractivity contribution < 1.29 is 5.11 Å². The van der Waals surface area contributed by atoms with E-state index in [1.165, 1.54) is 43.7 Å². The van der Waals surface area contributed by atoms with Gasteiger partial charge in [0.25, 0.3) is 0 Å². The van der Waals surface area contributed by atoms with Crippen LogP contribution in [0.15, 0.2) is 30.5 Å². The molecule has 2 unspecified atom stereocenters. The van der Waals surface area contributed by atoms with Crippen LogP contribution in [0.2, 0.25) is 0 Å². The quantitative estimate of drug-likeness (QED) is 0.794. The Labute approximate surface area is 166 Å². The number of rotatable bonds is 3. The SMILES string of the molecule is C=C1CCN(C)CCC1O.CCC1CCCN(c2ccc(C(C)C)nc2)C1. The van der Waals surface area contributed by atoms with E-state index in [1.807, 2.05) is 6.20 Å². The lowest BCUT2D eigenvalue weighted by Crippen LogP contribution is -2.35. The van der Waals surface area contributed by atoms with Gasteiger partial charge in [-0.3, -0.25) is 4.98 Å². The number of aromatic nitrogens is 1. The molecule has 0 aromatic carbocycles. The molecule has 0 radical (unpaired) electrons. The highest BCUT2D eigenvalue weighted by molar-refractivity contribution is 5.45. The Morgan fingerprint density at radius 1 is 1.22 bits per heavy atom. The number of pyridine rings is 1. The summed E-state index contributed by atoms with van der Waals surface area (Å²) in [4.78, 5) is 9.28. The lowest BCUT2D eigenvalue weighted by atomic mass is 9.95. The molecule has 2 fully saturated rings. The monoisotopic (exact) mass is 373 g/mol. The van der Waals surface area contributed by atoms with Crippen LogP contribution in [0, 0.1) is 5.92 Å². The average molecular weight is 374 g/mol. The molecule has 1 N–H and O–H groups in total. The van der Waals surface area contributed by atoms with Crippen LogP contribution in [0.1, 0.15) is 64.5 Å². The van der Waals surface area contributed by atoms with Crippen LogP contribution in [-0.2, 0) is 0 Å². The van der Waals surface area contributed by atoms with E-state index in [-0.39, 0.29) is 6.10 Å². The minimum atomic E-state index is -0.259. The molecule has 0 bridgehead atoms. The van der Waals surface area contributed by atoms with Crippen molar-refractivity contribution in [3.05, 3.63) is 36.2 Å². The first-order chi connectivity index (χ1) is 12.9. The second-order valence-corrected chi connectivity index (χ2v) is 8.47. The Morgan fingerprint density at radius 3 is 2.63 bits per heavy atom. The van der Waals surface area contributed by atoms with Gasteiger partial charge >= 0.3 is 0 Å². The third kappa shape index (κ3) is 6.93. The lowest BCUT2D eigenvalue weighted by molar-refractivity contribution is 0.194. The van der Waals surface area contributed by atoms with Gasteiger partial charge in [-0.15, -0.1) is 0 Å². The molecule has 0 spiro atoms. The van der Waals surface area contributed by atoms with E-state index >= 15 is 0 Å². The van der Waals surface area contributed by atoms with Crippen molar-refractivity contribution in [2.45, 2.75) is 64.9 Å². The number of aliphatic hydroxyl groups is 1. The average Bonchev–Trinajstić information content (AvgIpc) is 2.84. The number of hydrogen-bond donors (Lipinski definition) is 1. The van der Waals surface area contributed by atoms with Crippen molar-refractivity contribution in [3.8, 4) is 0 Å². The van der Waals surface area contributed by atoms with Gasteiger partial charge in [0.15, 0.2) is 0 Å². The van der Waals surface area contributed by atoms with E-state index in [0.29, 0.717) is 5.92 Å². The molecule has 4 heteroatoms. The summed E-state index contributed by atoms with van der Waals surface area (Å²) in [6, 6.07) is 4.41. The Balaban J connectivity index is 0.000000223. The van der Waals surface area contributed by atoms with Crippen molar-refractivity contribution >= 4 is 5.69 Å². The summed E-state index contributed by atoms with van der Waals surface area (Å²) in [5.74, 6) is 1.39. The first kappa shape index (κ1) is 21.9. The molecular formula is C23H39N3O. The summed E-state index contributed by atoms with van der Waals surface area (Å²) in [5, 5.41) is 9.35. The number of hydrogen-bond acceptors (Lipinski definition) is 4. The van der Waals surface area contributed by atoms with Crippen LogP contribution < -0.4 is 4.90 Å². The Kier molecular flexibility index (Phi) is 8.78. The zero-order valence-electron chi connectivity index (χ0n) is 17.8. The van der Waals surface area contributed by atoms with Gasteiger partial charge in [-0.05, 0) is 62.3 Å². The first-order valence-electron chi connectivity index (χ1n) is 10.7. The molecular weight excluding hydrogens is 334 g/mol. The zero-order chi connectivity index (χ0) is 19.8. The molecule has 2 atom stereocenters. The van der Waals surface area contributed by atoms with Gasteiger partial charge in [0.05, 0.1) is 18.0 Å². The molecule has 1 aromatic rings. The summed E-state index contributed by atoms with van der Waals surface area (Å²) in [5.41, 5.74) is 3.48. The van der Waals surface area contributed by atoms with Crippen LogP contribution in [0.4, 0.5) is 5.69 Å². The van der Waals surface area contributed by atoms with Crippen molar-refractivity contribution in [1.82, 2.24) is 9.88 Å². The maximum Gasteiger partial charge on any atom is 0.0760 e. The molecule has 0 amide bonds. The zero-order valence-corrected chi connectivity index (χ0v) is 17.8. The third-order valence-corrected chi connectivity index (χ3v) is 5.89. The highest BCUT2D eigenvalue weighted by Crippen LogP contribution is 2.25. The van der Waals surface area contributed by atoms with E-state index in [0.717, 1.165) is 37.4 Å². The summed E-state index contributed by atoms with van der Waals surface area (Å²) >= 11 is 0. The van der Waals surface area contributed by atoms with Crippen LogP contribution in [0.25, 0.3) is 0 Å². The fourth-order valence-corrected chi connectivity index (χ4v) is 3.72. The van der Waals surface area contributed by atoms with E-state index in [1.54, 1.807) is 0 Å². The molecule has 2 aliphatic heterocycles. The topological polar surface area (TPSA) is 39.6 Å². The van der Waals surface area contributed by atoms with Gasteiger partial charge in [-0.25, -0.2) is 0 Å². The Morgan fingerprint density at radius 2 is 2.00 bits per heavy atom. The normalized spacial score (nSPS) is 24.4. The van der Waals surface area contributed by atoms with E-state index < -0.39 is 0 Å². The van der Waals surface area contributed by atoms with Gasteiger partial charge in [-0.2, -0.15) is 0 Å². The summed E-state index contributed by atoms with van der Waals surface area (Å²) in [7, 11) is 2.07. The predicted molar refractivity (Wildman–Crippen MR) is 115 cm³/mol. The molecule has 0 saturated carbocycles. The van der Waals surface area contributed by atoms with Crippen LogP contribution in [0.3, 0.4) is 0 Å². The van der Waals surface area contributed by atoms with Crippen molar-refractivity contribution in [1.29, 1.82) is 0 Å². The Bertz CT molecular complexity index is 569. The maximum atomic E-state index is 9.35. The van der Waals surface area contributed by atoms with E-state index in [4.69, 9.17) is 0 Å². The second-order valence-electron chi connectivity index (χ2n) is 8.47. The van der Waals surface area contributed by atoms with Gasteiger partial charge in [0, 0.05) is 31.9 Å². The minimum absolute atomic E-state index is 0.259. The van der Waals surface area contributed by atoms with Gasteiger partial charge in [0.2, 0.25) is 0 Å². The van der Waals surface area contributed by atoms with Crippen LogP contribution in [-0.4, -0.2) is 54.3 Å². The largest absolute Gasteiger partial charge is 0.389 e. The first-order valence-corrected chi connectivity index (χ1v) is 10.7. The molecule has 27 heavy (non-hydrogen) atoms. The smallest absolute Gasteiger partial charge is 0.0760 e. The van der Waals surface area contributed by atoms with E-state index in [2.05, 4.69) is 61.3 Å². The van der Waals surface area contributed by atoms with Crippen molar-refractivity contribution in [2.24, 2.45) is 5.92 Å². The maximum absolute atomic E-state index is 9.35. The highest BCUT2D eigenvalue weighted by atomic mass is 16.3. The molecule has 3 heterocycles. The third-order valence-electron chi connectivity index (χ3n) is 5.89. The molecule has 2 aliphatic rings. The van der Waals surface area contributed by atoms with Crippen LogP contribution in [0.5, 0.6) is 0 Å². The molecule has 152 valence electrons. The van der Waals surface area contributed by atoms with Gasteiger partial charge in [0.1, 0.15) is 0 Å². The lowest BCUT2D eigenvalue weighted by Gasteiger charge is -2.33. The predicted octanol–water partition coefficient (Wildman–Crippen LogP) is 4.46. The van der Waals surface area contributed by atoms with E-state index in [9.17, 15) is 5.11 Å². The molecule has 2 saturated heterocycles. The molecule has 1 aromatic heterocycles. The highest BCUT2D eigenvalue weighted by Gasteiger charge is 2.19. The van der Waals surface area contributed by atoms with Crippen molar-refractivity contribution in [3.63, 3.8) is 0 Å². The number of nitrogens with zero attached hydrogens (tertiary/aromatic N) is 3. The fraction of sp³-hybridized carbons (Fsp3) is 0.696. The summed E-state index contributed by atoms with van der Waals surface area (Å²) < 4.78 is 0. The number of likely N-dealkylation sites (tertiary alicyclic amines) is 1. The second kappa shape index (κ2) is 10.8. The number of piperidine rings is 1. The van der Waals surface area contributed by atoms with Gasteiger partial charge < -0.3 is 14.9 Å². The molecule has 3 rings (SSSR count). The van der Waals surface area contributed by atoms with Crippen molar-refractivity contribution in [2.75, 3.05) is 38.1 Å².